The zero-order chi connectivity index (χ0) is 10.4. The lowest BCUT2D eigenvalue weighted by atomic mass is 9.82. The molecular formula is C11H20N2S. The van der Waals surface area contributed by atoms with Crippen molar-refractivity contribution in [3.63, 3.8) is 0 Å². The van der Waals surface area contributed by atoms with Crippen LogP contribution in [0.25, 0.3) is 0 Å². The summed E-state index contributed by atoms with van der Waals surface area (Å²) in [4.78, 5) is 2.49. The summed E-state index contributed by atoms with van der Waals surface area (Å²) in [5, 5.41) is 8.98. The average Bonchev–Trinajstić information content (AvgIpc) is 2.22. The third-order valence-corrected chi connectivity index (χ3v) is 3.87. The summed E-state index contributed by atoms with van der Waals surface area (Å²) in [6, 6.07) is 2.44. The van der Waals surface area contributed by atoms with E-state index in [0.717, 1.165) is 25.9 Å². The maximum atomic E-state index is 8.98. The molecule has 1 aliphatic rings. The molecule has 1 fully saturated rings. The van der Waals surface area contributed by atoms with Gasteiger partial charge in [-0.05, 0) is 38.6 Å². The molecule has 0 unspecified atom stereocenters. The normalized spacial score (nSPS) is 21.8. The molecule has 0 aromatic rings. The van der Waals surface area contributed by atoms with Gasteiger partial charge in [0.25, 0.3) is 0 Å². The van der Waals surface area contributed by atoms with Crippen molar-refractivity contribution < 1.29 is 0 Å². The van der Waals surface area contributed by atoms with E-state index in [1.54, 1.807) is 0 Å². The zero-order valence-electron chi connectivity index (χ0n) is 9.25. The quantitative estimate of drug-likeness (QED) is 0.669. The lowest BCUT2D eigenvalue weighted by molar-refractivity contribution is 0.164. The van der Waals surface area contributed by atoms with Gasteiger partial charge in [0.15, 0.2) is 0 Å². The Balaban J connectivity index is 2.20. The molecule has 0 atom stereocenters. The summed E-state index contributed by atoms with van der Waals surface area (Å²) in [6.45, 7) is 7.70. The van der Waals surface area contributed by atoms with Gasteiger partial charge in [0, 0.05) is 12.3 Å². The Morgan fingerprint density at radius 1 is 1.43 bits per heavy atom. The molecule has 14 heavy (non-hydrogen) atoms. The molecule has 1 rings (SSSR count). The Morgan fingerprint density at radius 3 is 2.57 bits per heavy atom. The maximum Gasteiger partial charge on any atom is 0.0687 e. The van der Waals surface area contributed by atoms with Crippen LogP contribution in [-0.4, -0.2) is 36.0 Å². The second-order valence-electron chi connectivity index (χ2n) is 4.21. The minimum atomic E-state index is -0.0472. The number of nitrogens with zero attached hydrogens (tertiary/aromatic N) is 2. The number of hydrogen-bond acceptors (Lipinski definition) is 3. The number of nitriles is 1. The second kappa shape index (κ2) is 5.63. The molecular weight excluding hydrogens is 192 g/mol. The second-order valence-corrected chi connectivity index (χ2v) is 5.60. The summed E-state index contributed by atoms with van der Waals surface area (Å²) in [5.74, 6) is 2.45. The fourth-order valence-corrected chi connectivity index (χ4v) is 2.40. The van der Waals surface area contributed by atoms with Crippen molar-refractivity contribution in [2.75, 3.05) is 31.1 Å². The van der Waals surface area contributed by atoms with Crippen molar-refractivity contribution in [1.29, 1.82) is 5.26 Å². The van der Waals surface area contributed by atoms with Crippen molar-refractivity contribution in [1.82, 2.24) is 4.90 Å². The van der Waals surface area contributed by atoms with E-state index in [-0.39, 0.29) is 5.41 Å². The van der Waals surface area contributed by atoms with E-state index in [1.807, 2.05) is 11.8 Å². The van der Waals surface area contributed by atoms with Crippen molar-refractivity contribution in [2.24, 2.45) is 5.41 Å². The van der Waals surface area contributed by atoms with Crippen LogP contribution in [0, 0.1) is 16.7 Å². The van der Waals surface area contributed by atoms with E-state index in [0.29, 0.717) is 0 Å². The van der Waals surface area contributed by atoms with Crippen LogP contribution >= 0.6 is 11.8 Å². The zero-order valence-corrected chi connectivity index (χ0v) is 10.1. The molecule has 0 bridgehead atoms. The first-order valence-corrected chi connectivity index (χ1v) is 6.57. The van der Waals surface area contributed by atoms with Gasteiger partial charge in [-0.3, -0.25) is 0 Å². The summed E-state index contributed by atoms with van der Waals surface area (Å²) in [7, 11) is 0. The van der Waals surface area contributed by atoms with Crippen LogP contribution in [0.5, 0.6) is 0 Å². The lowest BCUT2D eigenvalue weighted by Crippen LogP contribution is -2.39. The number of likely N-dealkylation sites (tertiary alicyclic amines) is 1. The van der Waals surface area contributed by atoms with E-state index in [2.05, 4.69) is 24.8 Å². The molecule has 2 nitrogen and oxygen atoms in total. The molecule has 1 saturated heterocycles. The minimum absolute atomic E-state index is 0.0472. The Bertz CT molecular complexity index is 202. The fourth-order valence-electron chi connectivity index (χ4n) is 1.72. The molecule has 0 aromatic carbocycles. The highest BCUT2D eigenvalue weighted by Crippen LogP contribution is 2.29. The molecule has 1 heterocycles. The molecule has 0 aliphatic carbocycles. The van der Waals surface area contributed by atoms with Crippen LogP contribution in [0.4, 0.5) is 0 Å². The van der Waals surface area contributed by atoms with E-state index in [1.165, 1.54) is 18.1 Å². The maximum absolute atomic E-state index is 8.98. The van der Waals surface area contributed by atoms with Crippen LogP contribution in [0.2, 0.25) is 0 Å². The standard InChI is InChI=1S/C11H20N2S/c1-3-14-9-8-13-6-4-11(2,10-12)5-7-13/h3-9H2,1-2H3. The SMILES string of the molecule is CCSCCN1CCC(C)(C#N)CC1. The topological polar surface area (TPSA) is 27.0 Å². The van der Waals surface area contributed by atoms with Crippen LogP contribution in [0.3, 0.4) is 0 Å². The van der Waals surface area contributed by atoms with Crippen molar-refractivity contribution in [2.45, 2.75) is 26.7 Å². The van der Waals surface area contributed by atoms with E-state index in [4.69, 9.17) is 5.26 Å². The number of hydrogen-bond donors (Lipinski definition) is 0. The number of piperidine rings is 1. The van der Waals surface area contributed by atoms with E-state index < -0.39 is 0 Å². The Morgan fingerprint density at radius 2 is 2.07 bits per heavy atom. The highest BCUT2D eigenvalue weighted by atomic mass is 32.2. The number of thioether (sulfide) groups is 1. The predicted molar refractivity (Wildman–Crippen MR) is 62.4 cm³/mol. The third-order valence-electron chi connectivity index (χ3n) is 2.99. The van der Waals surface area contributed by atoms with Crippen LogP contribution in [0.1, 0.15) is 26.7 Å². The van der Waals surface area contributed by atoms with Gasteiger partial charge in [-0.25, -0.2) is 0 Å². The van der Waals surface area contributed by atoms with Crippen molar-refractivity contribution in [3.8, 4) is 6.07 Å². The van der Waals surface area contributed by atoms with Gasteiger partial charge < -0.3 is 4.90 Å². The van der Waals surface area contributed by atoms with Gasteiger partial charge in [0.2, 0.25) is 0 Å². The molecule has 80 valence electrons. The summed E-state index contributed by atoms with van der Waals surface area (Å²) >= 11 is 2.00. The predicted octanol–water partition coefficient (Wildman–Crippen LogP) is 2.37. The molecule has 0 radical (unpaired) electrons. The van der Waals surface area contributed by atoms with E-state index in [9.17, 15) is 0 Å². The Kier molecular flexibility index (Phi) is 4.77. The van der Waals surface area contributed by atoms with Crippen molar-refractivity contribution in [3.05, 3.63) is 0 Å². The average molecular weight is 212 g/mol. The summed E-state index contributed by atoms with van der Waals surface area (Å²) in [5.41, 5.74) is -0.0472. The molecule has 0 aromatic heterocycles. The van der Waals surface area contributed by atoms with Gasteiger partial charge in [0.05, 0.1) is 11.5 Å². The van der Waals surface area contributed by atoms with Gasteiger partial charge in [-0.2, -0.15) is 17.0 Å². The molecule has 3 heteroatoms. The highest BCUT2D eigenvalue weighted by molar-refractivity contribution is 7.99. The first-order valence-electron chi connectivity index (χ1n) is 5.41. The number of rotatable bonds is 4. The van der Waals surface area contributed by atoms with Crippen LogP contribution < -0.4 is 0 Å². The van der Waals surface area contributed by atoms with Gasteiger partial charge in [-0.1, -0.05) is 6.92 Å². The molecule has 0 amide bonds. The van der Waals surface area contributed by atoms with Crippen LogP contribution in [0.15, 0.2) is 0 Å². The summed E-state index contributed by atoms with van der Waals surface area (Å²) < 4.78 is 0. The highest BCUT2D eigenvalue weighted by Gasteiger charge is 2.29. The Labute approximate surface area is 91.7 Å². The molecule has 0 saturated carbocycles. The van der Waals surface area contributed by atoms with Gasteiger partial charge in [0.1, 0.15) is 0 Å². The van der Waals surface area contributed by atoms with Gasteiger partial charge >= 0.3 is 0 Å². The van der Waals surface area contributed by atoms with Crippen molar-refractivity contribution >= 4 is 11.8 Å². The van der Waals surface area contributed by atoms with Gasteiger partial charge in [-0.15, -0.1) is 0 Å². The lowest BCUT2D eigenvalue weighted by Gasteiger charge is -2.34. The third kappa shape index (κ3) is 3.51. The molecule has 0 N–H and O–H groups in total. The first-order chi connectivity index (χ1) is 6.70. The smallest absolute Gasteiger partial charge is 0.0687 e. The minimum Gasteiger partial charge on any atom is -0.302 e. The molecule has 1 aliphatic heterocycles. The molecule has 0 spiro atoms. The fraction of sp³-hybridized carbons (Fsp3) is 0.909. The Hall–Kier alpha value is -0.200. The largest absolute Gasteiger partial charge is 0.302 e. The summed E-state index contributed by atoms with van der Waals surface area (Å²) in [6.07, 6.45) is 2.08. The monoisotopic (exact) mass is 212 g/mol. The van der Waals surface area contributed by atoms with Crippen LogP contribution in [-0.2, 0) is 0 Å². The van der Waals surface area contributed by atoms with E-state index >= 15 is 0 Å². The first kappa shape index (κ1) is 11.9.